The molecule has 0 saturated carbocycles. The smallest absolute Gasteiger partial charge is 0.450 e. The molecule has 0 aromatic heterocycles. The van der Waals surface area contributed by atoms with Crippen LogP contribution in [0.1, 0.15) is 25.7 Å². The van der Waals surface area contributed by atoms with Crippen LogP contribution in [0, 0.1) is 0 Å². The summed E-state index contributed by atoms with van der Waals surface area (Å²) < 4.78 is 4.33. The Bertz CT molecular complexity index is 141. The molecule has 0 rings (SSSR count). The number of nitrogens with two attached hydrogens (primary N) is 2. The van der Waals surface area contributed by atoms with Gasteiger partial charge >= 0.3 is 6.16 Å². The molecule has 0 aromatic rings. The largest absolute Gasteiger partial charge is 0.505 e. The van der Waals surface area contributed by atoms with Gasteiger partial charge in [0.1, 0.15) is 0 Å². The molecule has 13 heavy (non-hydrogen) atoms. The second-order valence-electron chi connectivity index (χ2n) is 2.95. The van der Waals surface area contributed by atoms with Crippen molar-refractivity contribution >= 4 is 6.16 Å². The van der Waals surface area contributed by atoms with E-state index in [0.29, 0.717) is 13.0 Å². The molecule has 0 saturated heterocycles. The van der Waals surface area contributed by atoms with E-state index in [1.54, 1.807) is 0 Å². The zero-order valence-electron chi connectivity index (χ0n) is 7.74. The maximum absolute atomic E-state index is 9.95. The zero-order chi connectivity index (χ0) is 10.1. The fraction of sp³-hybridized carbons (Fsp3) is 0.875. The first kappa shape index (κ1) is 12.2. The van der Waals surface area contributed by atoms with Crippen LogP contribution in [0.3, 0.4) is 0 Å². The summed E-state index contributed by atoms with van der Waals surface area (Å²) in [6, 6.07) is 0.112. The maximum Gasteiger partial charge on any atom is 0.505 e. The first-order chi connectivity index (χ1) is 6.16. The molecule has 0 amide bonds. The molecule has 5 nitrogen and oxygen atoms in total. The van der Waals surface area contributed by atoms with Crippen molar-refractivity contribution in [2.45, 2.75) is 31.7 Å². The Labute approximate surface area is 78.0 Å². The molecule has 0 spiro atoms. The van der Waals surface area contributed by atoms with Crippen molar-refractivity contribution < 1.29 is 14.6 Å². The normalized spacial score (nSPS) is 12.5. The van der Waals surface area contributed by atoms with Gasteiger partial charge in [-0.05, 0) is 32.2 Å². The summed E-state index contributed by atoms with van der Waals surface area (Å²) in [4.78, 5) is 9.95. The second kappa shape index (κ2) is 7.82. The van der Waals surface area contributed by atoms with E-state index >= 15 is 0 Å². The Balaban J connectivity index is 3.16. The van der Waals surface area contributed by atoms with Crippen LogP contribution in [0.4, 0.5) is 4.79 Å². The zero-order valence-corrected chi connectivity index (χ0v) is 7.74. The molecule has 0 radical (unpaired) electrons. The van der Waals surface area contributed by atoms with Crippen molar-refractivity contribution in [2.75, 3.05) is 13.2 Å². The van der Waals surface area contributed by atoms with E-state index in [-0.39, 0.29) is 12.6 Å². The first-order valence-corrected chi connectivity index (χ1v) is 4.48. The summed E-state index contributed by atoms with van der Waals surface area (Å²) in [5.41, 5.74) is 11.0. The number of ether oxygens (including phenoxy) is 1. The summed E-state index contributed by atoms with van der Waals surface area (Å²) in [5.74, 6) is 0. The third kappa shape index (κ3) is 9.10. The van der Waals surface area contributed by atoms with E-state index < -0.39 is 6.16 Å². The van der Waals surface area contributed by atoms with Crippen LogP contribution in [0.5, 0.6) is 0 Å². The fourth-order valence-electron chi connectivity index (χ4n) is 1.03. The molecule has 0 aliphatic heterocycles. The second-order valence-corrected chi connectivity index (χ2v) is 2.95. The van der Waals surface area contributed by atoms with Gasteiger partial charge in [0.25, 0.3) is 0 Å². The van der Waals surface area contributed by atoms with Gasteiger partial charge in [-0.3, -0.25) is 0 Å². The van der Waals surface area contributed by atoms with Crippen LogP contribution < -0.4 is 11.5 Å². The predicted octanol–water partition coefficient (Wildman–Crippen LogP) is 0.527. The van der Waals surface area contributed by atoms with Crippen molar-refractivity contribution in [3.05, 3.63) is 0 Å². The number of carbonyl (C=O) groups is 1. The highest BCUT2D eigenvalue weighted by Crippen LogP contribution is 2.01. The number of carboxylic acid groups (broad SMARTS) is 1. The topological polar surface area (TPSA) is 98.6 Å². The molecule has 1 unspecified atom stereocenters. The molecule has 0 aliphatic rings. The van der Waals surface area contributed by atoms with E-state index in [9.17, 15) is 4.79 Å². The molecular weight excluding hydrogens is 172 g/mol. The quantitative estimate of drug-likeness (QED) is 0.401. The summed E-state index contributed by atoms with van der Waals surface area (Å²) in [6.45, 7) is 0.880. The van der Waals surface area contributed by atoms with Gasteiger partial charge in [-0.15, -0.1) is 0 Å². The van der Waals surface area contributed by atoms with E-state index in [0.717, 1.165) is 19.3 Å². The van der Waals surface area contributed by atoms with Gasteiger partial charge in [-0.1, -0.05) is 0 Å². The molecule has 0 aromatic carbocycles. The lowest BCUT2D eigenvalue weighted by molar-refractivity contribution is 0.0895. The van der Waals surface area contributed by atoms with Crippen LogP contribution >= 0.6 is 0 Å². The number of hydrogen-bond donors (Lipinski definition) is 3. The lowest BCUT2D eigenvalue weighted by atomic mass is 10.1. The minimum Gasteiger partial charge on any atom is -0.450 e. The van der Waals surface area contributed by atoms with E-state index in [4.69, 9.17) is 16.6 Å². The fourth-order valence-corrected chi connectivity index (χ4v) is 1.03. The lowest BCUT2D eigenvalue weighted by Gasteiger charge is -2.09. The SMILES string of the molecule is NCCCC(N)CCCOC(=O)O. The summed E-state index contributed by atoms with van der Waals surface area (Å²) in [5, 5.41) is 8.15. The lowest BCUT2D eigenvalue weighted by Crippen LogP contribution is -2.21. The Morgan fingerprint density at radius 3 is 2.54 bits per heavy atom. The average molecular weight is 190 g/mol. The van der Waals surface area contributed by atoms with Crippen molar-refractivity contribution in [3.63, 3.8) is 0 Å². The Morgan fingerprint density at radius 2 is 2.00 bits per heavy atom. The maximum atomic E-state index is 9.95. The third-order valence-electron chi connectivity index (χ3n) is 1.72. The molecule has 5 heteroatoms. The van der Waals surface area contributed by atoms with Crippen molar-refractivity contribution in [2.24, 2.45) is 11.5 Å². The van der Waals surface area contributed by atoms with Crippen molar-refractivity contribution in [1.29, 1.82) is 0 Å². The molecular formula is C8H18N2O3. The summed E-state index contributed by atoms with van der Waals surface area (Å²) >= 11 is 0. The van der Waals surface area contributed by atoms with Gasteiger partial charge in [0.2, 0.25) is 0 Å². The molecule has 0 bridgehead atoms. The predicted molar refractivity (Wildman–Crippen MR) is 49.5 cm³/mol. The minimum atomic E-state index is -1.23. The van der Waals surface area contributed by atoms with Crippen LogP contribution in [0.2, 0.25) is 0 Å². The number of hydrogen-bond acceptors (Lipinski definition) is 4. The average Bonchev–Trinajstić information content (AvgIpc) is 2.08. The standard InChI is InChI=1S/C8H18N2O3/c9-5-1-3-7(10)4-2-6-13-8(11)12/h7H,1-6,9-10H2,(H,11,12). The van der Waals surface area contributed by atoms with Gasteiger partial charge in [-0.25, -0.2) is 4.79 Å². The van der Waals surface area contributed by atoms with Crippen LogP contribution in [-0.4, -0.2) is 30.5 Å². The number of rotatable bonds is 7. The Hall–Kier alpha value is -0.810. The summed E-state index contributed by atoms with van der Waals surface area (Å²) in [7, 11) is 0. The van der Waals surface area contributed by atoms with Gasteiger partial charge in [0.15, 0.2) is 0 Å². The van der Waals surface area contributed by atoms with Gasteiger partial charge in [-0.2, -0.15) is 0 Å². The molecule has 0 aliphatic carbocycles. The van der Waals surface area contributed by atoms with Gasteiger partial charge < -0.3 is 21.3 Å². The van der Waals surface area contributed by atoms with Crippen molar-refractivity contribution in [1.82, 2.24) is 0 Å². The van der Waals surface area contributed by atoms with Crippen LogP contribution in [-0.2, 0) is 4.74 Å². The minimum absolute atomic E-state index is 0.112. The Kier molecular flexibility index (Phi) is 7.33. The molecule has 0 heterocycles. The highest BCUT2D eigenvalue weighted by Gasteiger charge is 2.02. The third-order valence-corrected chi connectivity index (χ3v) is 1.72. The van der Waals surface area contributed by atoms with Crippen LogP contribution in [0.15, 0.2) is 0 Å². The monoisotopic (exact) mass is 190 g/mol. The first-order valence-electron chi connectivity index (χ1n) is 4.48. The van der Waals surface area contributed by atoms with Gasteiger partial charge in [0.05, 0.1) is 6.61 Å². The highest BCUT2D eigenvalue weighted by molar-refractivity contribution is 5.56. The molecule has 78 valence electrons. The summed E-state index contributed by atoms with van der Waals surface area (Å²) in [6.07, 6.45) is 2.05. The molecule has 1 atom stereocenters. The Morgan fingerprint density at radius 1 is 1.38 bits per heavy atom. The molecule has 5 N–H and O–H groups in total. The van der Waals surface area contributed by atoms with Gasteiger partial charge in [0, 0.05) is 6.04 Å². The highest BCUT2D eigenvalue weighted by atomic mass is 16.7. The van der Waals surface area contributed by atoms with Crippen molar-refractivity contribution in [3.8, 4) is 0 Å². The van der Waals surface area contributed by atoms with E-state index in [1.807, 2.05) is 0 Å². The van der Waals surface area contributed by atoms with E-state index in [2.05, 4.69) is 4.74 Å². The molecule has 0 fully saturated rings. The van der Waals surface area contributed by atoms with Crippen LogP contribution in [0.25, 0.3) is 0 Å². The van der Waals surface area contributed by atoms with E-state index in [1.165, 1.54) is 0 Å².